The highest BCUT2D eigenvalue weighted by Gasteiger charge is 1.98. The second-order valence-electron chi connectivity index (χ2n) is 4.15. The number of aliphatic hydroxyl groups is 1. The maximum Gasteiger partial charge on any atom is 0.328 e. The second kappa shape index (κ2) is 5.98. The van der Waals surface area contributed by atoms with Gasteiger partial charge in [-0.25, -0.2) is 4.79 Å². The molecule has 2 N–H and O–H groups in total. The molecule has 2 aromatic carbocycles. The quantitative estimate of drug-likeness (QED) is 0.825. The number of aliphatic hydroxyl groups excluding tert-OH is 1. The Morgan fingerprint density at radius 1 is 0.947 bits per heavy atom. The molecule has 19 heavy (non-hydrogen) atoms. The van der Waals surface area contributed by atoms with Crippen LogP contribution in [0.4, 0.5) is 0 Å². The summed E-state index contributed by atoms with van der Waals surface area (Å²) < 4.78 is 0. The SMILES string of the molecule is O=C(O)/C=C/c1ccc(-c2ccc(CO)cc2)cc1. The van der Waals surface area contributed by atoms with Crippen molar-refractivity contribution in [3.63, 3.8) is 0 Å². The highest BCUT2D eigenvalue weighted by molar-refractivity contribution is 5.85. The van der Waals surface area contributed by atoms with E-state index in [1.54, 1.807) is 6.08 Å². The molecule has 3 heteroatoms. The Morgan fingerprint density at radius 2 is 1.47 bits per heavy atom. The predicted molar refractivity (Wildman–Crippen MR) is 74.5 cm³/mol. The van der Waals surface area contributed by atoms with Crippen molar-refractivity contribution in [3.8, 4) is 11.1 Å². The van der Waals surface area contributed by atoms with Crippen molar-refractivity contribution in [1.29, 1.82) is 0 Å². The lowest BCUT2D eigenvalue weighted by atomic mass is 10.0. The van der Waals surface area contributed by atoms with Crippen molar-refractivity contribution in [2.24, 2.45) is 0 Å². The Morgan fingerprint density at radius 3 is 1.95 bits per heavy atom. The van der Waals surface area contributed by atoms with Crippen LogP contribution in [0.5, 0.6) is 0 Å². The minimum Gasteiger partial charge on any atom is -0.478 e. The van der Waals surface area contributed by atoms with Crippen LogP contribution in [0.2, 0.25) is 0 Å². The molecule has 0 fully saturated rings. The lowest BCUT2D eigenvalue weighted by molar-refractivity contribution is -0.131. The van der Waals surface area contributed by atoms with Gasteiger partial charge in [0.2, 0.25) is 0 Å². The molecule has 0 spiro atoms. The summed E-state index contributed by atoms with van der Waals surface area (Å²) in [6.07, 6.45) is 2.67. The van der Waals surface area contributed by atoms with Gasteiger partial charge in [-0.05, 0) is 28.3 Å². The second-order valence-corrected chi connectivity index (χ2v) is 4.15. The molecule has 0 saturated carbocycles. The Balaban J connectivity index is 2.19. The number of hydrogen-bond donors (Lipinski definition) is 2. The van der Waals surface area contributed by atoms with E-state index in [2.05, 4.69) is 0 Å². The molecule has 0 atom stereocenters. The van der Waals surface area contributed by atoms with Gasteiger partial charge < -0.3 is 10.2 Å². The molecule has 96 valence electrons. The first-order valence-corrected chi connectivity index (χ1v) is 5.90. The summed E-state index contributed by atoms with van der Waals surface area (Å²) in [5.74, 6) is -0.955. The van der Waals surface area contributed by atoms with E-state index < -0.39 is 5.97 Å². The van der Waals surface area contributed by atoms with Gasteiger partial charge in [0, 0.05) is 6.08 Å². The molecule has 2 aromatic rings. The third-order valence-corrected chi connectivity index (χ3v) is 2.80. The third-order valence-electron chi connectivity index (χ3n) is 2.80. The maximum atomic E-state index is 10.4. The molecule has 0 aliphatic heterocycles. The third kappa shape index (κ3) is 3.53. The average molecular weight is 254 g/mol. The Kier molecular flexibility index (Phi) is 4.11. The minimum atomic E-state index is -0.955. The van der Waals surface area contributed by atoms with Gasteiger partial charge in [-0.1, -0.05) is 48.5 Å². The van der Waals surface area contributed by atoms with Crippen LogP contribution in [-0.2, 0) is 11.4 Å². The first kappa shape index (κ1) is 13.1. The van der Waals surface area contributed by atoms with Gasteiger partial charge in [-0.3, -0.25) is 0 Å². The van der Waals surface area contributed by atoms with Crippen molar-refractivity contribution in [1.82, 2.24) is 0 Å². The van der Waals surface area contributed by atoms with Crippen molar-refractivity contribution in [3.05, 3.63) is 65.7 Å². The molecule has 0 radical (unpaired) electrons. The summed E-state index contributed by atoms with van der Waals surface area (Å²) >= 11 is 0. The first-order chi connectivity index (χ1) is 9.19. The zero-order valence-corrected chi connectivity index (χ0v) is 10.3. The Bertz CT molecular complexity index is 580. The lowest BCUT2D eigenvalue weighted by Crippen LogP contribution is -1.86. The van der Waals surface area contributed by atoms with Gasteiger partial charge in [0.25, 0.3) is 0 Å². The summed E-state index contributed by atoms with van der Waals surface area (Å²) in [5, 5.41) is 17.5. The minimum absolute atomic E-state index is 0.0409. The number of rotatable bonds is 4. The van der Waals surface area contributed by atoms with Crippen molar-refractivity contribution in [2.45, 2.75) is 6.61 Å². The summed E-state index contributed by atoms with van der Waals surface area (Å²) in [4.78, 5) is 10.4. The van der Waals surface area contributed by atoms with Gasteiger partial charge in [0.1, 0.15) is 0 Å². The molecule has 0 amide bonds. The van der Waals surface area contributed by atoms with E-state index in [1.165, 1.54) is 0 Å². The van der Waals surface area contributed by atoms with Crippen LogP contribution >= 0.6 is 0 Å². The van der Waals surface area contributed by atoms with Crippen LogP contribution in [0, 0.1) is 0 Å². The maximum absolute atomic E-state index is 10.4. The van der Waals surface area contributed by atoms with Crippen molar-refractivity contribution >= 4 is 12.0 Å². The van der Waals surface area contributed by atoms with Crippen LogP contribution in [0.25, 0.3) is 17.2 Å². The van der Waals surface area contributed by atoms with E-state index >= 15 is 0 Å². The van der Waals surface area contributed by atoms with Gasteiger partial charge in [0.05, 0.1) is 6.61 Å². The standard InChI is InChI=1S/C16H14O3/c17-11-13-3-8-15(9-4-13)14-6-1-12(2-7-14)5-10-16(18)19/h1-10,17H,11H2,(H,18,19)/b10-5+. The molecular formula is C16H14O3. The summed E-state index contributed by atoms with van der Waals surface area (Å²) in [6.45, 7) is 0.0409. The highest BCUT2D eigenvalue weighted by atomic mass is 16.4. The molecule has 0 heterocycles. The molecular weight excluding hydrogens is 240 g/mol. The van der Waals surface area contributed by atoms with E-state index in [0.29, 0.717) is 0 Å². The largest absolute Gasteiger partial charge is 0.478 e. The molecule has 0 unspecified atom stereocenters. The number of hydrogen-bond acceptors (Lipinski definition) is 2. The molecule has 0 aliphatic carbocycles. The summed E-state index contributed by atoms with van der Waals surface area (Å²) in [7, 11) is 0. The molecule has 0 aliphatic rings. The zero-order valence-electron chi connectivity index (χ0n) is 10.3. The zero-order chi connectivity index (χ0) is 13.7. The fourth-order valence-electron chi connectivity index (χ4n) is 1.76. The topological polar surface area (TPSA) is 57.5 Å². The Hall–Kier alpha value is -2.39. The number of carbonyl (C=O) groups is 1. The van der Waals surface area contributed by atoms with Crippen LogP contribution in [0.15, 0.2) is 54.6 Å². The predicted octanol–water partition coefficient (Wildman–Crippen LogP) is 2.94. The van der Waals surface area contributed by atoms with E-state index in [9.17, 15) is 4.79 Å². The van der Waals surface area contributed by atoms with Crippen molar-refractivity contribution < 1.29 is 15.0 Å². The van der Waals surface area contributed by atoms with Crippen LogP contribution < -0.4 is 0 Å². The molecule has 0 aromatic heterocycles. The van der Waals surface area contributed by atoms with Crippen LogP contribution in [0.1, 0.15) is 11.1 Å². The van der Waals surface area contributed by atoms with E-state index in [-0.39, 0.29) is 6.61 Å². The summed E-state index contributed by atoms with van der Waals surface area (Å²) in [5.41, 5.74) is 3.84. The van der Waals surface area contributed by atoms with Crippen LogP contribution in [-0.4, -0.2) is 16.2 Å². The lowest BCUT2D eigenvalue weighted by Gasteiger charge is -2.03. The first-order valence-electron chi connectivity index (χ1n) is 5.90. The fraction of sp³-hybridized carbons (Fsp3) is 0.0625. The van der Waals surface area contributed by atoms with E-state index in [0.717, 1.165) is 28.3 Å². The number of carboxylic acids is 1. The van der Waals surface area contributed by atoms with E-state index in [4.69, 9.17) is 10.2 Å². The number of aliphatic carboxylic acids is 1. The van der Waals surface area contributed by atoms with Gasteiger partial charge in [-0.15, -0.1) is 0 Å². The number of benzene rings is 2. The fourth-order valence-corrected chi connectivity index (χ4v) is 1.76. The average Bonchev–Trinajstić information content (AvgIpc) is 2.46. The molecule has 0 saturated heterocycles. The van der Waals surface area contributed by atoms with Gasteiger partial charge in [0.15, 0.2) is 0 Å². The van der Waals surface area contributed by atoms with Gasteiger partial charge >= 0.3 is 5.97 Å². The molecule has 0 bridgehead atoms. The Labute approximate surface area is 111 Å². The smallest absolute Gasteiger partial charge is 0.328 e. The van der Waals surface area contributed by atoms with Gasteiger partial charge in [-0.2, -0.15) is 0 Å². The van der Waals surface area contributed by atoms with Crippen molar-refractivity contribution in [2.75, 3.05) is 0 Å². The van der Waals surface area contributed by atoms with Crippen LogP contribution in [0.3, 0.4) is 0 Å². The normalized spacial score (nSPS) is 10.8. The summed E-state index contributed by atoms with van der Waals surface area (Å²) in [6, 6.07) is 15.3. The molecule has 2 rings (SSSR count). The highest BCUT2D eigenvalue weighted by Crippen LogP contribution is 2.20. The monoisotopic (exact) mass is 254 g/mol. The van der Waals surface area contributed by atoms with E-state index in [1.807, 2.05) is 48.5 Å². The number of carboxylic acid groups (broad SMARTS) is 1. The molecule has 3 nitrogen and oxygen atoms in total.